The molecule has 0 aromatic carbocycles. The Morgan fingerprint density at radius 1 is 1.30 bits per heavy atom. The summed E-state index contributed by atoms with van der Waals surface area (Å²) in [7, 11) is 0. The van der Waals surface area contributed by atoms with Gasteiger partial charge in [0.15, 0.2) is 0 Å². The molecule has 2 aliphatic rings. The van der Waals surface area contributed by atoms with Gasteiger partial charge in [-0.3, -0.25) is 9.69 Å². The second-order valence-electron chi connectivity index (χ2n) is 6.34. The lowest BCUT2D eigenvalue weighted by Crippen LogP contribution is -2.45. The van der Waals surface area contributed by atoms with Crippen LogP contribution in [-0.2, 0) is 4.79 Å². The number of carbonyl (C=O) groups excluding carboxylic acids is 2. The van der Waals surface area contributed by atoms with Crippen molar-refractivity contribution in [3.05, 3.63) is 0 Å². The molecule has 0 radical (unpaired) electrons. The van der Waals surface area contributed by atoms with Gasteiger partial charge >= 0.3 is 6.03 Å². The molecule has 6 heteroatoms. The Morgan fingerprint density at radius 3 is 2.55 bits per heavy atom. The molecule has 1 unspecified atom stereocenters. The number of rotatable bonds is 6. The van der Waals surface area contributed by atoms with Crippen LogP contribution in [0.3, 0.4) is 0 Å². The van der Waals surface area contributed by atoms with Gasteiger partial charge in [-0.25, -0.2) is 4.79 Å². The van der Waals surface area contributed by atoms with E-state index in [1.807, 2.05) is 0 Å². The van der Waals surface area contributed by atoms with E-state index >= 15 is 0 Å². The number of aliphatic hydroxyl groups excluding tert-OH is 1. The van der Waals surface area contributed by atoms with Gasteiger partial charge < -0.3 is 15.7 Å². The average molecular weight is 283 g/mol. The summed E-state index contributed by atoms with van der Waals surface area (Å²) >= 11 is 0. The van der Waals surface area contributed by atoms with Crippen molar-refractivity contribution in [3.63, 3.8) is 0 Å². The summed E-state index contributed by atoms with van der Waals surface area (Å²) in [6.45, 7) is 5.43. The van der Waals surface area contributed by atoms with Crippen molar-refractivity contribution in [2.24, 2.45) is 5.92 Å². The molecule has 20 heavy (non-hydrogen) atoms. The summed E-state index contributed by atoms with van der Waals surface area (Å²) in [5, 5.41) is 15.9. The molecule has 1 atom stereocenters. The van der Waals surface area contributed by atoms with Crippen molar-refractivity contribution in [1.29, 1.82) is 0 Å². The number of urea groups is 1. The Balaban J connectivity index is 1.86. The maximum Gasteiger partial charge on any atom is 0.325 e. The Hall–Kier alpha value is -1.14. The summed E-state index contributed by atoms with van der Waals surface area (Å²) in [6, 6.07) is -0.361. The van der Waals surface area contributed by atoms with Crippen molar-refractivity contribution in [2.45, 2.75) is 51.2 Å². The molecule has 1 aliphatic carbocycles. The predicted molar refractivity (Wildman–Crippen MR) is 75.2 cm³/mol. The lowest BCUT2D eigenvalue weighted by atomic mass is 9.98. The zero-order chi connectivity index (χ0) is 14.8. The third-order valence-electron chi connectivity index (χ3n) is 4.03. The van der Waals surface area contributed by atoms with E-state index in [1.165, 1.54) is 4.90 Å². The number of carbonyl (C=O) groups is 2. The first-order valence-corrected chi connectivity index (χ1v) is 7.47. The van der Waals surface area contributed by atoms with Crippen molar-refractivity contribution in [2.75, 3.05) is 19.6 Å². The topological polar surface area (TPSA) is 81.7 Å². The molecule has 1 saturated heterocycles. The SMILES string of the molecule is CC(C)CNCC(O)CN1C(=O)NC2(CCCC2)C1=O. The van der Waals surface area contributed by atoms with Crippen LogP contribution in [0.2, 0.25) is 0 Å². The molecule has 1 heterocycles. The Labute approximate surface area is 119 Å². The minimum absolute atomic E-state index is 0.0670. The third-order valence-corrected chi connectivity index (χ3v) is 4.03. The van der Waals surface area contributed by atoms with E-state index in [9.17, 15) is 14.7 Å². The molecule has 114 valence electrons. The fourth-order valence-electron chi connectivity index (χ4n) is 2.97. The highest BCUT2D eigenvalue weighted by Gasteiger charge is 2.52. The molecular formula is C14H25N3O3. The van der Waals surface area contributed by atoms with E-state index in [-0.39, 0.29) is 18.5 Å². The average Bonchev–Trinajstić information content (AvgIpc) is 2.91. The Kier molecular flexibility index (Phi) is 4.65. The van der Waals surface area contributed by atoms with Gasteiger partial charge in [0.1, 0.15) is 5.54 Å². The summed E-state index contributed by atoms with van der Waals surface area (Å²) in [4.78, 5) is 25.5. The number of nitrogens with zero attached hydrogens (tertiary/aromatic N) is 1. The van der Waals surface area contributed by atoms with Gasteiger partial charge in [0, 0.05) is 6.54 Å². The highest BCUT2D eigenvalue weighted by molar-refractivity contribution is 6.07. The van der Waals surface area contributed by atoms with E-state index in [4.69, 9.17) is 0 Å². The van der Waals surface area contributed by atoms with E-state index in [0.717, 1.165) is 32.2 Å². The highest BCUT2D eigenvalue weighted by Crippen LogP contribution is 2.34. The smallest absolute Gasteiger partial charge is 0.325 e. The van der Waals surface area contributed by atoms with E-state index in [0.29, 0.717) is 12.5 Å². The first-order valence-electron chi connectivity index (χ1n) is 7.47. The number of nitrogens with one attached hydrogen (secondary N) is 2. The summed E-state index contributed by atoms with van der Waals surface area (Å²) in [5.41, 5.74) is -0.678. The molecule has 6 nitrogen and oxygen atoms in total. The van der Waals surface area contributed by atoms with E-state index in [2.05, 4.69) is 24.5 Å². The van der Waals surface area contributed by atoms with Crippen LogP contribution in [0.25, 0.3) is 0 Å². The predicted octanol–water partition coefficient (Wildman–Crippen LogP) is 0.458. The molecule has 3 amide bonds. The Bertz CT molecular complexity index is 378. The minimum atomic E-state index is -0.722. The summed E-state index contributed by atoms with van der Waals surface area (Å²) < 4.78 is 0. The van der Waals surface area contributed by atoms with Gasteiger partial charge in [-0.1, -0.05) is 26.7 Å². The zero-order valence-electron chi connectivity index (χ0n) is 12.3. The summed E-state index contributed by atoms with van der Waals surface area (Å²) in [6.07, 6.45) is 2.66. The van der Waals surface area contributed by atoms with Crippen LogP contribution in [-0.4, -0.2) is 53.2 Å². The van der Waals surface area contributed by atoms with Gasteiger partial charge in [0.2, 0.25) is 0 Å². The standard InChI is InChI=1S/C14H25N3O3/c1-10(2)7-15-8-11(18)9-17-12(19)14(16-13(17)20)5-3-4-6-14/h10-11,15,18H,3-9H2,1-2H3,(H,16,20). The first-order chi connectivity index (χ1) is 9.44. The van der Waals surface area contributed by atoms with Gasteiger partial charge in [-0.2, -0.15) is 0 Å². The number of hydrogen-bond donors (Lipinski definition) is 3. The van der Waals surface area contributed by atoms with Crippen LogP contribution in [0.4, 0.5) is 4.79 Å². The van der Waals surface area contributed by atoms with Gasteiger partial charge in [-0.15, -0.1) is 0 Å². The molecule has 0 aromatic rings. The molecule has 3 N–H and O–H groups in total. The molecule has 1 aliphatic heterocycles. The fourth-order valence-corrected chi connectivity index (χ4v) is 2.97. The maximum atomic E-state index is 12.4. The lowest BCUT2D eigenvalue weighted by molar-refractivity contribution is -0.132. The monoisotopic (exact) mass is 283 g/mol. The normalized spacial score (nSPS) is 22.9. The molecule has 0 aromatic heterocycles. The molecule has 2 fully saturated rings. The van der Waals surface area contributed by atoms with Crippen LogP contribution >= 0.6 is 0 Å². The van der Waals surface area contributed by atoms with Crippen molar-refractivity contribution in [1.82, 2.24) is 15.5 Å². The van der Waals surface area contributed by atoms with Crippen LogP contribution in [0, 0.1) is 5.92 Å². The number of hydrogen-bond acceptors (Lipinski definition) is 4. The molecule has 1 spiro atoms. The van der Waals surface area contributed by atoms with Crippen LogP contribution in [0.5, 0.6) is 0 Å². The van der Waals surface area contributed by atoms with Crippen LogP contribution in [0.15, 0.2) is 0 Å². The lowest BCUT2D eigenvalue weighted by Gasteiger charge is -2.21. The van der Waals surface area contributed by atoms with Crippen molar-refractivity contribution < 1.29 is 14.7 Å². The first kappa shape index (κ1) is 15.3. The third kappa shape index (κ3) is 3.12. The van der Waals surface area contributed by atoms with Gasteiger partial charge in [0.05, 0.1) is 12.6 Å². The minimum Gasteiger partial charge on any atom is -0.390 e. The quantitative estimate of drug-likeness (QED) is 0.619. The number of imide groups is 1. The second kappa shape index (κ2) is 6.10. The van der Waals surface area contributed by atoms with E-state index in [1.54, 1.807) is 0 Å². The van der Waals surface area contributed by atoms with Gasteiger partial charge in [0.25, 0.3) is 5.91 Å². The zero-order valence-corrected chi connectivity index (χ0v) is 12.3. The second-order valence-corrected chi connectivity index (χ2v) is 6.34. The van der Waals surface area contributed by atoms with E-state index < -0.39 is 11.6 Å². The molecule has 1 saturated carbocycles. The molecule has 2 rings (SSSR count). The summed E-state index contributed by atoms with van der Waals surface area (Å²) in [5.74, 6) is 0.337. The molecule has 0 bridgehead atoms. The van der Waals surface area contributed by atoms with Crippen LogP contribution < -0.4 is 10.6 Å². The van der Waals surface area contributed by atoms with Crippen molar-refractivity contribution >= 4 is 11.9 Å². The highest BCUT2D eigenvalue weighted by atomic mass is 16.3. The van der Waals surface area contributed by atoms with Gasteiger partial charge in [-0.05, 0) is 25.3 Å². The number of amides is 3. The maximum absolute atomic E-state index is 12.4. The number of β-amino-alcohol motifs (C(OH)–C–C–N with tert-alkyl or cyclic N) is 1. The largest absolute Gasteiger partial charge is 0.390 e. The number of aliphatic hydroxyl groups is 1. The van der Waals surface area contributed by atoms with Crippen LogP contribution in [0.1, 0.15) is 39.5 Å². The van der Waals surface area contributed by atoms with Crippen molar-refractivity contribution in [3.8, 4) is 0 Å². The fraction of sp³-hybridized carbons (Fsp3) is 0.857. The Morgan fingerprint density at radius 2 is 1.95 bits per heavy atom. The molecular weight excluding hydrogens is 258 g/mol.